The lowest BCUT2D eigenvalue weighted by Crippen LogP contribution is -2.40. The Morgan fingerprint density at radius 3 is 2.84 bits per heavy atom. The highest BCUT2D eigenvalue weighted by atomic mass is 16.5. The van der Waals surface area contributed by atoms with Crippen molar-refractivity contribution >= 4 is 34.8 Å². The molecule has 1 fully saturated rings. The van der Waals surface area contributed by atoms with Crippen molar-refractivity contribution in [3.8, 4) is 5.75 Å². The number of ether oxygens (including phenoxy) is 1. The molecule has 10 heteroatoms. The predicted molar refractivity (Wildman–Crippen MR) is 117 cm³/mol. The topological polar surface area (TPSA) is 113 Å². The van der Waals surface area contributed by atoms with Crippen LogP contribution in [0.3, 0.4) is 0 Å². The summed E-state index contributed by atoms with van der Waals surface area (Å²) in [5.41, 5.74) is 1.42. The predicted octanol–water partition coefficient (Wildman–Crippen LogP) is 1.87. The Bertz CT molecular complexity index is 1130. The van der Waals surface area contributed by atoms with Gasteiger partial charge in [0.05, 0.1) is 18.5 Å². The molecule has 0 spiro atoms. The molecule has 2 aromatic heterocycles. The third-order valence-electron chi connectivity index (χ3n) is 5.16. The van der Waals surface area contributed by atoms with Gasteiger partial charge in [0.15, 0.2) is 5.65 Å². The summed E-state index contributed by atoms with van der Waals surface area (Å²) in [6.07, 6.45) is 2.04. The first kappa shape index (κ1) is 20.5. The minimum atomic E-state index is -0.532. The zero-order valence-electron chi connectivity index (χ0n) is 17.7. The zero-order valence-corrected chi connectivity index (χ0v) is 17.7. The van der Waals surface area contributed by atoms with Gasteiger partial charge in [0.25, 0.3) is 5.91 Å². The van der Waals surface area contributed by atoms with Crippen molar-refractivity contribution in [2.75, 3.05) is 37.9 Å². The molecule has 0 radical (unpaired) electrons. The van der Waals surface area contributed by atoms with Crippen LogP contribution in [0.4, 0.5) is 17.3 Å². The minimum absolute atomic E-state index is 0.0939. The number of fused-ring (bicyclic) bond motifs is 1. The number of benzene rings is 1. The Hall–Kier alpha value is -3.82. The molecule has 0 unspecified atom stereocenters. The second kappa shape index (κ2) is 8.50. The van der Waals surface area contributed by atoms with E-state index in [0.29, 0.717) is 48.2 Å². The molecule has 4 rings (SSSR count). The van der Waals surface area contributed by atoms with Crippen LogP contribution in [0.25, 0.3) is 5.65 Å². The molecule has 1 aliphatic rings. The van der Waals surface area contributed by atoms with Gasteiger partial charge in [0.1, 0.15) is 29.0 Å². The number of amides is 2. The van der Waals surface area contributed by atoms with Crippen molar-refractivity contribution in [2.45, 2.75) is 19.4 Å². The molecule has 2 amide bonds. The van der Waals surface area contributed by atoms with Gasteiger partial charge in [0.2, 0.25) is 5.91 Å². The van der Waals surface area contributed by atoms with E-state index in [0.717, 1.165) is 5.69 Å². The number of likely N-dealkylation sites (tertiary alicyclic amines) is 1. The van der Waals surface area contributed by atoms with Gasteiger partial charge in [-0.15, -0.1) is 0 Å². The summed E-state index contributed by atoms with van der Waals surface area (Å²) in [5, 5.41) is 13.4. The summed E-state index contributed by atoms with van der Waals surface area (Å²) in [6, 6.07) is 8.82. The number of hydrogen-bond donors (Lipinski definition) is 3. The van der Waals surface area contributed by atoms with Gasteiger partial charge < -0.3 is 25.6 Å². The van der Waals surface area contributed by atoms with Crippen molar-refractivity contribution in [3.05, 3.63) is 42.1 Å². The first-order valence-corrected chi connectivity index (χ1v) is 10.1. The highest BCUT2D eigenvalue weighted by molar-refractivity contribution is 6.02. The Morgan fingerprint density at radius 2 is 2.13 bits per heavy atom. The lowest BCUT2D eigenvalue weighted by atomic mass is 10.2. The Morgan fingerprint density at radius 1 is 1.32 bits per heavy atom. The van der Waals surface area contributed by atoms with E-state index < -0.39 is 6.04 Å². The highest BCUT2D eigenvalue weighted by Gasteiger charge is 2.31. The van der Waals surface area contributed by atoms with Crippen molar-refractivity contribution in [3.63, 3.8) is 0 Å². The van der Waals surface area contributed by atoms with E-state index >= 15 is 0 Å². The molecule has 0 saturated carbocycles. The second-order valence-corrected chi connectivity index (χ2v) is 7.20. The molecular weight excluding hydrogens is 398 g/mol. The largest absolute Gasteiger partial charge is 0.492 e. The number of carbonyl (C=O) groups is 2. The number of nitrogens with zero attached hydrogens (tertiary/aromatic N) is 4. The van der Waals surface area contributed by atoms with Crippen LogP contribution in [-0.2, 0) is 4.79 Å². The Labute approximate surface area is 179 Å². The molecule has 3 heterocycles. The van der Waals surface area contributed by atoms with E-state index in [1.54, 1.807) is 29.6 Å². The molecule has 0 bridgehead atoms. The maximum Gasteiger partial charge on any atom is 0.257 e. The van der Waals surface area contributed by atoms with Crippen LogP contribution in [0.2, 0.25) is 0 Å². The van der Waals surface area contributed by atoms with Crippen LogP contribution in [0.1, 0.15) is 23.7 Å². The number of aromatic nitrogens is 3. The molecule has 1 aliphatic heterocycles. The minimum Gasteiger partial charge on any atom is -0.492 e. The van der Waals surface area contributed by atoms with Gasteiger partial charge in [-0.1, -0.05) is 12.1 Å². The molecule has 1 aromatic carbocycles. The first-order valence-electron chi connectivity index (χ1n) is 10.1. The van der Waals surface area contributed by atoms with Gasteiger partial charge in [-0.3, -0.25) is 9.59 Å². The molecule has 162 valence electrons. The number of para-hydroxylation sites is 2. The number of anilines is 3. The van der Waals surface area contributed by atoms with E-state index in [1.165, 1.54) is 6.20 Å². The summed E-state index contributed by atoms with van der Waals surface area (Å²) < 4.78 is 7.22. The van der Waals surface area contributed by atoms with E-state index in [-0.39, 0.29) is 11.8 Å². The van der Waals surface area contributed by atoms with Crippen LogP contribution in [0.5, 0.6) is 5.75 Å². The van der Waals surface area contributed by atoms with E-state index in [4.69, 9.17) is 4.74 Å². The van der Waals surface area contributed by atoms with Crippen LogP contribution >= 0.6 is 0 Å². The Kier molecular flexibility index (Phi) is 5.61. The maximum atomic E-state index is 12.9. The molecule has 1 saturated heterocycles. The van der Waals surface area contributed by atoms with Gasteiger partial charge in [-0.2, -0.15) is 9.61 Å². The Balaban J connectivity index is 1.66. The average Bonchev–Trinajstić information content (AvgIpc) is 3.33. The summed E-state index contributed by atoms with van der Waals surface area (Å²) in [7, 11) is 3.49. The average molecular weight is 423 g/mol. The van der Waals surface area contributed by atoms with Crippen molar-refractivity contribution < 1.29 is 14.3 Å². The molecule has 1 atom stereocenters. The van der Waals surface area contributed by atoms with Crippen LogP contribution in [0, 0.1) is 0 Å². The fourth-order valence-corrected chi connectivity index (χ4v) is 3.55. The monoisotopic (exact) mass is 423 g/mol. The van der Waals surface area contributed by atoms with E-state index in [9.17, 15) is 9.59 Å². The summed E-state index contributed by atoms with van der Waals surface area (Å²) in [5.74, 6) is 1.40. The second-order valence-electron chi connectivity index (χ2n) is 7.20. The smallest absolute Gasteiger partial charge is 0.257 e. The zero-order chi connectivity index (χ0) is 22.0. The number of hydrogen-bond acceptors (Lipinski definition) is 7. The molecule has 31 heavy (non-hydrogen) atoms. The van der Waals surface area contributed by atoms with E-state index in [2.05, 4.69) is 26.0 Å². The number of carbonyl (C=O) groups excluding carboxylic acids is 2. The van der Waals surface area contributed by atoms with Crippen LogP contribution < -0.4 is 20.7 Å². The van der Waals surface area contributed by atoms with Crippen molar-refractivity contribution in [1.29, 1.82) is 0 Å². The lowest BCUT2D eigenvalue weighted by Gasteiger charge is -2.14. The molecule has 10 nitrogen and oxygen atoms in total. The van der Waals surface area contributed by atoms with Crippen LogP contribution in [-0.4, -0.2) is 64.6 Å². The number of nitrogens with one attached hydrogen (secondary N) is 3. The van der Waals surface area contributed by atoms with Gasteiger partial charge in [-0.25, -0.2) is 4.98 Å². The van der Waals surface area contributed by atoms with Crippen molar-refractivity contribution in [1.82, 2.24) is 24.8 Å². The van der Waals surface area contributed by atoms with Gasteiger partial charge in [0, 0.05) is 26.7 Å². The quantitative estimate of drug-likeness (QED) is 0.532. The van der Waals surface area contributed by atoms with Gasteiger partial charge >= 0.3 is 0 Å². The van der Waals surface area contributed by atoms with Crippen molar-refractivity contribution in [2.24, 2.45) is 0 Å². The fourth-order valence-electron chi connectivity index (χ4n) is 3.55. The summed E-state index contributed by atoms with van der Waals surface area (Å²) >= 11 is 0. The van der Waals surface area contributed by atoms with Gasteiger partial charge in [-0.05, 0) is 25.5 Å². The molecule has 3 aromatic rings. The summed E-state index contributed by atoms with van der Waals surface area (Å²) in [4.78, 5) is 31.3. The number of likely N-dealkylation sites (N-methyl/N-ethyl adjacent to an activating group) is 1. The third-order valence-corrected chi connectivity index (χ3v) is 5.16. The fraction of sp³-hybridized carbons (Fsp3) is 0.333. The number of rotatable bonds is 7. The molecule has 3 N–H and O–H groups in total. The summed E-state index contributed by atoms with van der Waals surface area (Å²) in [6.45, 7) is 3.08. The van der Waals surface area contributed by atoms with E-state index in [1.807, 2.05) is 31.2 Å². The maximum absolute atomic E-state index is 12.9. The lowest BCUT2D eigenvalue weighted by molar-refractivity contribution is -0.128. The van der Waals surface area contributed by atoms with Crippen LogP contribution in [0.15, 0.2) is 36.5 Å². The highest BCUT2D eigenvalue weighted by Crippen LogP contribution is 2.28. The molecular formula is C21H25N7O3. The first-order chi connectivity index (χ1) is 15.0. The SMILES string of the molecule is CCOc1ccccc1Nc1cc(NC)n2ncc(C(=O)N[C@@H]3CCN(C)C3=O)c2n1. The third kappa shape index (κ3) is 3.96. The standard InChI is InChI=1S/C21H25N7O3/c1-4-31-16-8-6-5-7-14(16)24-17-11-18(22-2)28-19(26-17)13(12-23-28)20(29)25-15-9-10-27(3)21(15)30/h5-8,11-12,15,22H,4,9-10H2,1-3H3,(H,24,26)(H,25,29)/t15-/m1/s1. The molecule has 0 aliphatic carbocycles. The normalized spacial score (nSPS) is 15.9.